The minimum atomic E-state index is -1.61. The summed E-state index contributed by atoms with van der Waals surface area (Å²) in [4.78, 5) is 28.4. The van der Waals surface area contributed by atoms with Gasteiger partial charge in [0.15, 0.2) is 6.10 Å². The highest BCUT2D eigenvalue weighted by molar-refractivity contribution is 6.31. The number of pyridine rings is 1. The Bertz CT molecular complexity index is 1160. The lowest BCUT2D eigenvalue weighted by molar-refractivity contribution is -0.147. The van der Waals surface area contributed by atoms with Crippen molar-refractivity contribution in [2.75, 3.05) is 0 Å². The molecule has 9 heteroatoms. The van der Waals surface area contributed by atoms with Crippen LogP contribution in [0.1, 0.15) is 30.0 Å². The number of carbonyl (C=O) groups excluding carboxylic acids is 1. The van der Waals surface area contributed by atoms with Gasteiger partial charge in [0.05, 0.1) is 0 Å². The second kappa shape index (κ2) is 11.4. The average molecular weight is 495 g/mol. The van der Waals surface area contributed by atoms with Crippen LogP contribution in [0.5, 0.6) is 0 Å². The van der Waals surface area contributed by atoms with E-state index in [1.165, 1.54) is 0 Å². The molecule has 35 heavy (non-hydrogen) atoms. The normalized spacial score (nSPS) is 19.1. The third-order valence-electron chi connectivity index (χ3n) is 6.07. The van der Waals surface area contributed by atoms with Crippen LogP contribution in [0.2, 0.25) is 5.02 Å². The zero-order chi connectivity index (χ0) is 24.8. The molecule has 2 aromatic carbocycles. The van der Waals surface area contributed by atoms with Crippen LogP contribution < -0.4 is 16.2 Å². The zero-order valence-electron chi connectivity index (χ0n) is 18.9. The Morgan fingerprint density at radius 3 is 2.57 bits per heavy atom. The van der Waals surface area contributed by atoms with Gasteiger partial charge in [-0.3, -0.25) is 9.78 Å². The number of benzene rings is 2. The number of nitrogens with one attached hydrogen (secondary N) is 3. The van der Waals surface area contributed by atoms with Crippen molar-refractivity contribution in [1.82, 2.24) is 21.2 Å². The van der Waals surface area contributed by atoms with Crippen LogP contribution in [-0.4, -0.2) is 45.3 Å². The first-order valence-electron chi connectivity index (χ1n) is 11.4. The molecule has 4 atom stereocenters. The molecule has 1 aliphatic rings. The Morgan fingerprint density at radius 1 is 1.09 bits per heavy atom. The smallest absolute Gasteiger partial charge is 0.332 e. The number of hydrazine groups is 1. The van der Waals surface area contributed by atoms with E-state index in [4.69, 9.17) is 11.6 Å². The summed E-state index contributed by atoms with van der Waals surface area (Å²) in [7, 11) is 0. The van der Waals surface area contributed by atoms with E-state index in [9.17, 15) is 19.8 Å². The number of rotatable bonds is 9. The van der Waals surface area contributed by atoms with Gasteiger partial charge in [0.2, 0.25) is 5.91 Å². The van der Waals surface area contributed by atoms with Gasteiger partial charge >= 0.3 is 5.97 Å². The molecule has 8 nitrogen and oxygen atoms in total. The van der Waals surface area contributed by atoms with E-state index < -0.39 is 24.2 Å². The van der Waals surface area contributed by atoms with Crippen LogP contribution in [0.4, 0.5) is 0 Å². The summed E-state index contributed by atoms with van der Waals surface area (Å²) >= 11 is 6.55. The first kappa shape index (κ1) is 24.8. The first-order chi connectivity index (χ1) is 16.9. The lowest BCUT2D eigenvalue weighted by Gasteiger charge is -2.23. The number of carboxylic acids is 1. The van der Waals surface area contributed by atoms with Crippen molar-refractivity contribution in [2.24, 2.45) is 0 Å². The fourth-order valence-corrected chi connectivity index (χ4v) is 4.44. The van der Waals surface area contributed by atoms with Gasteiger partial charge in [-0.1, -0.05) is 60.1 Å². The van der Waals surface area contributed by atoms with Crippen LogP contribution in [0.15, 0.2) is 73.1 Å². The topological polar surface area (TPSA) is 124 Å². The summed E-state index contributed by atoms with van der Waals surface area (Å²) in [5.74, 6) is -1.63. The van der Waals surface area contributed by atoms with Crippen LogP contribution in [0.3, 0.4) is 0 Å². The first-order valence-corrected chi connectivity index (χ1v) is 11.7. The minimum absolute atomic E-state index is 0.0810. The third-order valence-corrected chi connectivity index (χ3v) is 6.42. The molecule has 182 valence electrons. The second-order valence-corrected chi connectivity index (χ2v) is 8.99. The molecule has 4 rings (SSSR count). The number of aromatic nitrogens is 1. The predicted molar refractivity (Wildman–Crippen MR) is 132 cm³/mol. The molecule has 0 aliphatic carbocycles. The summed E-state index contributed by atoms with van der Waals surface area (Å²) in [5.41, 5.74) is 9.78. The molecule has 1 saturated heterocycles. The van der Waals surface area contributed by atoms with Gasteiger partial charge in [-0.25, -0.2) is 15.6 Å². The number of aliphatic hydroxyl groups is 1. The van der Waals surface area contributed by atoms with Crippen molar-refractivity contribution in [3.63, 3.8) is 0 Å². The molecule has 1 aliphatic heterocycles. The SMILES string of the molecule is O=C(N[C@H](Cc1ccc(-c2ccccc2)cc1Cl)C[C@@H](O)C(=O)O)C1CC(c2cccnc2)NN1. The van der Waals surface area contributed by atoms with Crippen molar-refractivity contribution in [1.29, 1.82) is 0 Å². The molecule has 2 unspecified atom stereocenters. The molecule has 0 spiro atoms. The van der Waals surface area contributed by atoms with Gasteiger partial charge in [-0.15, -0.1) is 0 Å². The van der Waals surface area contributed by atoms with Crippen molar-refractivity contribution in [3.8, 4) is 11.1 Å². The minimum Gasteiger partial charge on any atom is -0.479 e. The van der Waals surface area contributed by atoms with E-state index >= 15 is 0 Å². The van der Waals surface area contributed by atoms with Crippen molar-refractivity contribution in [3.05, 3.63) is 89.2 Å². The van der Waals surface area contributed by atoms with Crippen molar-refractivity contribution >= 4 is 23.5 Å². The van der Waals surface area contributed by atoms with E-state index in [0.717, 1.165) is 22.3 Å². The number of nitrogens with zero attached hydrogens (tertiary/aromatic N) is 1. The van der Waals surface area contributed by atoms with Gasteiger partial charge in [0, 0.05) is 35.9 Å². The quantitative estimate of drug-likeness (QED) is 0.310. The number of amides is 1. The number of carbonyl (C=O) groups is 2. The number of halogens is 1. The Hall–Kier alpha value is -3.30. The van der Waals surface area contributed by atoms with Gasteiger partial charge in [-0.05, 0) is 47.2 Å². The zero-order valence-corrected chi connectivity index (χ0v) is 19.7. The van der Waals surface area contributed by atoms with Gasteiger partial charge in [0.25, 0.3) is 0 Å². The van der Waals surface area contributed by atoms with E-state index in [2.05, 4.69) is 21.2 Å². The number of hydrogen-bond donors (Lipinski definition) is 5. The number of aliphatic hydroxyl groups excluding tert-OH is 1. The van der Waals surface area contributed by atoms with E-state index in [1.807, 2.05) is 60.7 Å². The molecule has 0 radical (unpaired) electrons. The van der Waals surface area contributed by atoms with Crippen molar-refractivity contribution in [2.45, 2.75) is 43.5 Å². The van der Waals surface area contributed by atoms with E-state index in [0.29, 0.717) is 11.4 Å². The number of aliphatic carboxylic acids is 1. The Kier molecular flexibility index (Phi) is 8.09. The third kappa shape index (κ3) is 6.43. The lowest BCUT2D eigenvalue weighted by atomic mass is 9.97. The van der Waals surface area contributed by atoms with E-state index in [1.54, 1.807) is 12.4 Å². The van der Waals surface area contributed by atoms with Crippen LogP contribution in [0.25, 0.3) is 11.1 Å². The summed E-state index contributed by atoms with van der Waals surface area (Å²) < 4.78 is 0. The average Bonchev–Trinajstić information content (AvgIpc) is 3.37. The van der Waals surface area contributed by atoms with E-state index in [-0.39, 0.29) is 24.8 Å². The number of carboxylic acid groups (broad SMARTS) is 1. The van der Waals surface area contributed by atoms with Gasteiger partial charge in [-0.2, -0.15) is 0 Å². The molecule has 1 fully saturated rings. The molecule has 1 aromatic heterocycles. The highest BCUT2D eigenvalue weighted by atomic mass is 35.5. The highest BCUT2D eigenvalue weighted by Gasteiger charge is 2.32. The van der Waals surface area contributed by atoms with Crippen LogP contribution in [0, 0.1) is 0 Å². The summed E-state index contributed by atoms with van der Waals surface area (Å²) in [5, 5.41) is 22.6. The monoisotopic (exact) mass is 494 g/mol. The second-order valence-electron chi connectivity index (χ2n) is 8.59. The lowest BCUT2D eigenvalue weighted by Crippen LogP contribution is -2.48. The van der Waals surface area contributed by atoms with Crippen LogP contribution >= 0.6 is 11.6 Å². The largest absolute Gasteiger partial charge is 0.479 e. The highest BCUT2D eigenvalue weighted by Crippen LogP contribution is 2.27. The Balaban J connectivity index is 1.45. The Labute approximate surface area is 208 Å². The maximum Gasteiger partial charge on any atom is 0.332 e. The standard InChI is InChI=1S/C26H27ClN4O4/c27-21-12-17(16-5-2-1-3-6-16)8-9-18(21)11-20(13-24(32)26(34)35)29-25(33)23-14-22(30-31-23)19-7-4-10-28-15-19/h1-10,12,15,20,22-24,30-32H,11,13-14H2,(H,29,33)(H,34,35)/t20-,22?,23?,24-/m1/s1. The van der Waals surface area contributed by atoms with Crippen LogP contribution in [-0.2, 0) is 16.0 Å². The molecule has 1 amide bonds. The van der Waals surface area contributed by atoms with Crippen molar-refractivity contribution < 1.29 is 19.8 Å². The molecule has 3 aromatic rings. The maximum absolute atomic E-state index is 13.0. The predicted octanol–water partition coefficient (Wildman–Crippen LogP) is 2.87. The summed E-state index contributed by atoms with van der Waals surface area (Å²) in [6.45, 7) is 0. The summed E-state index contributed by atoms with van der Waals surface area (Å²) in [6, 6.07) is 18.0. The molecular weight excluding hydrogens is 468 g/mol. The number of hydrogen-bond acceptors (Lipinski definition) is 6. The molecule has 2 heterocycles. The molecule has 0 bridgehead atoms. The fourth-order valence-electron chi connectivity index (χ4n) is 4.18. The maximum atomic E-state index is 13.0. The molecule has 0 saturated carbocycles. The fraction of sp³-hybridized carbons (Fsp3) is 0.269. The Morgan fingerprint density at radius 2 is 1.89 bits per heavy atom. The molecular formula is C26H27ClN4O4. The summed E-state index contributed by atoms with van der Waals surface area (Å²) in [6.07, 6.45) is 2.44. The van der Waals surface area contributed by atoms with Gasteiger partial charge in [0.1, 0.15) is 6.04 Å². The van der Waals surface area contributed by atoms with Gasteiger partial charge < -0.3 is 15.5 Å². The molecule has 5 N–H and O–H groups in total.